The summed E-state index contributed by atoms with van der Waals surface area (Å²) in [6.07, 6.45) is 0. The summed E-state index contributed by atoms with van der Waals surface area (Å²) < 4.78 is 13.5. The van der Waals surface area contributed by atoms with Crippen LogP contribution in [0.15, 0.2) is 36.4 Å². The van der Waals surface area contributed by atoms with Crippen LogP contribution in [-0.4, -0.2) is 19.0 Å². The lowest BCUT2D eigenvalue weighted by atomic mass is 10.0. The average molecular weight is 232 g/mol. The number of hydrogen-bond donors (Lipinski definition) is 2. The maximum Gasteiger partial charge on any atom is 0.251 e. The molecule has 0 aliphatic rings. The van der Waals surface area contributed by atoms with E-state index in [-0.39, 0.29) is 11.7 Å². The van der Waals surface area contributed by atoms with Crippen LogP contribution < -0.4 is 11.1 Å². The summed E-state index contributed by atoms with van der Waals surface area (Å²) in [6, 6.07) is 9.71. The number of fused-ring (bicyclic) bond motifs is 1. The van der Waals surface area contributed by atoms with E-state index in [4.69, 9.17) is 5.73 Å². The largest absolute Gasteiger partial charge is 0.351 e. The number of nitrogens with one attached hydrogen (secondary N) is 1. The van der Waals surface area contributed by atoms with Gasteiger partial charge in [-0.25, -0.2) is 4.39 Å². The molecule has 0 saturated heterocycles. The summed E-state index contributed by atoms with van der Waals surface area (Å²) in [4.78, 5) is 11.8. The molecule has 0 fully saturated rings. The Kier molecular flexibility index (Phi) is 3.35. The van der Waals surface area contributed by atoms with Crippen LogP contribution in [0.4, 0.5) is 4.39 Å². The highest BCUT2D eigenvalue weighted by atomic mass is 19.1. The van der Waals surface area contributed by atoms with Gasteiger partial charge in [-0.05, 0) is 17.5 Å². The fraction of sp³-hybridized carbons (Fsp3) is 0.154. The summed E-state index contributed by atoms with van der Waals surface area (Å²) in [5, 5.41) is 3.74. The van der Waals surface area contributed by atoms with Crippen molar-refractivity contribution in [3.8, 4) is 0 Å². The molecule has 0 radical (unpaired) electrons. The molecular formula is C13H13FN2O. The average Bonchev–Trinajstić information content (AvgIpc) is 2.37. The molecule has 0 heterocycles. The van der Waals surface area contributed by atoms with Crippen LogP contribution in [0.25, 0.3) is 10.8 Å². The number of hydrogen-bond acceptors (Lipinski definition) is 2. The highest BCUT2D eigenvalue weighted by molar-refractivity contribution is 6.07. The molecule has 17 heavy (non-hydrogen) atoms. The molecule has 2 aromatic rings. The lowest BCUT2D eigenvalue weighted by Gasteiger charge is -2.07. The summed E-state index contributed by atoms with van der Waals surface area (Å²) in [5.41, 5.74) is 5.78. The fourth-order valence-electron chi connectivity index (χ4n) is 1.74. The summed E-state index contributed by atoms with van der Waals surface area (Å²) >= 11 is 0. The SMILES string of the molecule is NCCNC(=O)c1ccc(F)c2ccccc12. The van der Waals surface area contributed by atoms with Gasteiger partial charge in [0.25, 0.3) is 5.91 Å². The van der Waals surface area contributed by atoms with Gasteiger partial charge in [0, 0.05) is 24.0 Å². The van der Waals surface area contributed by atoms with Gasteiger partial charge in [-0.15, -0.1) is 0 Å². The van der Waals surface area contributed by atoms with E-state index >= 15 is 0 Å². The Bertz CT molecular complexity index is 554. The Hall–Kier alpha value is -1.94. The molecule has 0 atom stereocenters. The first-order valence-corrected chi connectivity index (χ1v) is 5.39. The molecule has 0 spiro atoms. The monoisotopic (exact) mass is 232 g/mol. The molecule has 0 aliphatic heterocycles. The van der Waals surface area contributed by atoms with Crippen molar-refractivity contribution in [1.29, 1.82) is 0 Å². The third kappa shape index (κ3) is 2.26. The number of carbonyl (C=O) groups excluding carboxylic acids is 1. The maximum absolute atomic E-state index is 13.5. The quantitative estimate of drug-likeness (QED) is 0.845. The van der Waals surface area contributed by atoms with Gasteiger partial charge in [-0.2, -0.15) is 0 Å². The maximum atomic E-state index is 13.5. The molecule has 3 nitrogen and oxygen atoms in total. The number of carbonyl (C=O) groups is 1. The van der Waals surface area contributed by atoms with Gasteiger partial charge in [-0.1, -0.05) is 24.3 Å². The zero-order valence-corrected chi connectivity index (χ0v) is 9.24. The normalized spacial score (nSPS) is 10.5. The van der Waals surface area contributed by atoms with Crippen LogP contribution in [0.5, 0.6) is 0 Å². The van der Waals surface area contributed by atoms with Gasteiger partial charge < -0.3 is 11.1 Å². The molecule has 0 bridgehead atoms. The summed E-state index contributed by atoms with van der Waals surface area (Å²) in [6.45, 7) is 0.787. The van der Waals surface area contributed by atoms with E-state index in [1.165, 1.54) is 12.1 Å². The van der Waals surface area contributed by atoms with Gasteiger partial charge in [-0.3, -0.25) is 4.79 Å². The zero-order valence-electron chi connectivity index (χ0n) is 9.24. The molecule has 4 heteroatoms. The highest BCUT2D eigenvalue weighted by Crippen LogP contribution is 2.21. The second-order valence-corrected chi connectivity index (χ2v) is 3.69. The van der Waals surface area contributed by atoms with Gasteiger partial charge in [0.05, 0.1) is 0 Å². The predicted molar refractivity (Wildman–Crippen MR) is 65.3 cm³/mol. The highest BCUT2D eigenvalue weighted by Gasteiger charge is 2.11. The van der Waals surface area contributed by atoms with Crippen molar-refractivity contribution in [2.45, 2.75) is 0 Å². The molecule has 2 aromatic carbocycles. The lowest BCUT2D eigenvalue weighted by Crippen LogP contribution is -2.29. The van der Waals surface area contributed by atoms with Crippen LogP contribution in [0, 0.1) is 5.82 Å². The van der Waals surface area contributed by atoms with E-state index in [1.54, 1.807) is 24.3 Å². The van der Waals surface area contributed by atoms with Gasteiger partial charge in [0.1, 0.15) is 5.82 Å². The first-order chi connectivity index (χ1) is 8.24. The second-order valence-electron chi connectivity index (χ2n) is 3.69. The van der Waals surface area contributed by atoms with E-state index < -0.39 is 0 Å². The van der Waals surface area contributed by atoms with E-state index in [0.29, 0.717) is 29.4 Å². The van der Waals surface area contributed by atoms with Crippen molar-refractivity contribution in [2.75, 3.05) is 13.1 Å². The number of amides is 1. The van der Waals surface area contributed by atoms with Crippen molar-refractivity contribution < 1.29 is 9.18 Å². The topological polar surface area (TPSA) is 55.1 Å². The van der Waals surface area contributed by atoms with Crippen LogP contribution in [0.3, 0.4) is 0 Å². The molecular weight excluding hydrogens is 219 g/mol. The molecule has 1 amide bonds. The van der Waals surface area contributed by atoms with Crippen LogP contribution in [-0.2, 0) is 0 Å². The zero-order chi connectivity index (χ0) is 12.3. The van der Waals surface area contributed by atoms with Gasteiger partial charge in [0.15, 0.2) is 0 Å². The van der Waals surface area contributed by atoms with E-state index in [0.717, 1.165) is 0 Å². The third-order valence-electron chi connectivity index (χ3n) is 2.55. The van der Waals surface area contributed by atoms with Crippen molar-refractivity contribution in [3.05, 3.63) is 47.8 Å². The van der Waals surface area contributed by atoms with Crippen LogP contribution in [0.1, 0.15) is 10.4 Å². The third-order valence-corrected chi connectivity index (χ3v) is 2.55. The molecule has 88 valence electrons. The molecule has 0 unspecified atom stereocenters. The van der Waals surface area contributed by atoms with E-state index in [9.17, 15) is 9.18 Å². The minimum atomic E-state index is -0.323. The van der Waals surface area contributed by atoms with Crippen molar-refractivity contribution >= 4 is 16.7 Å². The molecule has 2 rings (SSSR count). The minimum absolute atomic E-state index is 0.230. The summed E-state index contributed by atoms with van der Waals surface area (Å²) in [7, 11) is 0. The van der Waals surface area contributed by atoms with Crippen LogP contribution >= 0.6 is 0 Å². The second kappa shape index (κ2) is 4.93. The first-order valence-electron chi connectivity index (χ1n) is 5.39. The Morgan fingerprint density at radius 1 is 1.18 bits per heavy atom. The number of rotatable bonds is 3. The Balaban J connectivity index is 2.48. The fourth-order valence-corrected chi connectivity index (χ4v) is 1.74. The standard InChI is InChI=1S/C13H13FN2O/c14-12-6-5-11(13(17)16-8-7-15)9-3-1-2-4-10(9)12/h1-6H,7-8,15H2,(H,16,17). The Labute approximate surface area is 98.4 Å². The predicted octanol–water partition coefficient (Wildman–Crippen LogP) is 1.67. The van der Waals surface area contributed by atoms with Gasteiger partial charge in [0.2, 0.25) is 0 Å². The molecule has 0 saturated carbocycles. The first kappa shape index (κ1) is 11.5. The van der Waals surface area contributed by atoms with Crippen LogP contribution in [0.2, 0.25) is 0 Å². The Morgan fingerprint density at radius 3 is 2.59 bits per heavy atom. The minimum Gasteiger partial charge on any atom is -0.351 e. The Morgan fingerprint density at radius 2 is 1.88 bits per heavy atom. The van der Waals surface area contributed by atoms with Crippen molar-refractivity contribution in [2.24, 2.45) is 5.73 Å². The van der Waals surface area contributed by atoms with Crippen molar-refractivity contribution in [3.63, 3.8) is 0 Å². The van der Waals surface area contributed by atoms with E-state index in [2.05, 4.69) is 5.32 Å². The molecule has 0 aliphatic carbocycles. The van der Waals surface area contributed by atoms with E-state index in [1.807, 2.05) is 0 Å². The number of halogens is 1. The lowest BCUT2D eigenvalue weighted by molar-refractivity contribution is 0.0956. The van der Waals surface area contributed by atoms with Crippen molar-refractivity contribution in [1.82, 2.24) is 5.32 Å². The number of benzene rings is 2. The molecule has 0 aromatic heterocycles. The smallest absolute Gasteiger partial charge is 0.251 e. The van der Waals surface area contributed by atoms with Gasteiger partial charge >= 0.3 is 0 Å². The summed E-state index contributed by atoms with van der Waals surface area (Å²) in [5.74, 6) is -0.553. The molecule has 3 N–H and O–H groups in total. The number of nitrogens with two attached hydrogens (primary N) is 1.